The molecule has 3 nitrogen and oxygen atoms in total. The summed E-state index contributed by atoms with van der Waals surface area (Å²) in [5, 5.41) is 14.8. The molecule has 1 atom stereocenters. The van der Waals surface area contributed by atoms with Gasteiger partial charge in [-0.15, -0.1) is 0 Å². The minimum Gasteiger partial charge on any atom is -0.313 e. The van der Waals surface area contributed by atoms with E-state index >= 15 is 0 Å². The largest absolute Gasteiger partial charge is 0.313 e. The molecule has 0 unspecified atom stereocenters. The quantitative estimate of drug-likeness (QED) is 0.759. The van der Waals surface area contributed by atoms with Gasteiger partial charge in [0.1, 0.15) is 0 Å². The van der Waals surface area contributed by atoms with Crippen molar-refractivity contribution in [2.45, 2.75) is 26.1 Å². The zero-order chi connectivity index (χ0) is 14.2. The average molecular weight is 270 g/mol. The Morgan fingerprint density at radius 1 is 0.950 bits per heavy atom. The highest BCUT2D eigenvalue weighted by molar-refractivity contribution is 5.15. The van der Waals surface area contributed by atoms with E-state index in [2.05, 4.69) is 17.4 Å². The third-order valence-corrected chi connectivity index (χ3v) is 3.31. The molecule has 0 radical (unpaired) electrons. The second-order valence-electron chi connectivity index (χ2n) is 5.05. The maximum Gasteiger partial charge on any atom is 0.0492 e. The van der Waals surface area contributed by atoms with Gasteiger partial charge >= 0.3 is 0 Å². The highest BCUT2D eigenvalue weighted by Gasteiger charge is 2.10. The van der Waals surface area contributed by atoms with E-state index in [4.69, 9.17) is 0 Å². The first-order valence-corrected chi connectivity index (χ1v) is 7.00. The highest BCUT2D eigenvalue weighted by Crippen LogP contribution is 2.05. The Morgan fingerprint density at radius 2 is 1.50 bits per heavy atom. The van der Waals surface area contributed by atoms with Crippen LogP contribution in [0.1, 0.15) is 18.1 Å². The van der Waals surface area contributed by atoms with Gasteiger partial charge in [0.15, 0.2) is 0 Å². The van der Waals surface area contributed by atoms with Gasteiger partial charge in [-0.05, 0) is 18.1 Å². The molecule has 2 aromatic rings. The Morgan fingerprint density at radius 3 is 2.10 bits per heavy atom. The molecule has 20 heavy (non-hydrogen) atoms. The predicted molar refractivity (Wildman–Crippen MR) is 81.4 cm³/mol. The molecular weight excluding hydrogens is 248 g/mol. The van der Waals surface area contributed by atoms with Crippen molar-refractivity contribution >= 4 is 0 Å². The SMILES string of the molecule is C[C@@H](CNCc1ccccc1)N(O)Cc1ccccc1. The Bertz CT molecular complexity index is 487. The lowest BCUT2D eigenvalue weighted by molar-refractivity contribution is -0.129. The number of benzene rings is 2. The van der Waals surface area contributed by atoms with Crippen LogP contribution in [0.25, 0.3) is 0 Å². The Labute approximate surface area is 120 Å². The molecule has 0 aliphatic carbocycles. The fraction of sp³-hybridized carbons (Fsp3) is 0.294. The Hall–Kier alpha value is -1.68. The van der Waals surface area contributed by atoms with Crippen molar-refractivity contribution in [3.8, 4) is 0 Å². The summed E-state index contributed by atoms with van der Waals surface area (Å²) in [5.74, 6) is 0. The molecule has 2 rings (SSSR count). The molecule has 106 valence electrons. The lowest BCUT2D eigenvalue weighted by Crippen LogP contribution is -2.37. The van der Waals surface area contributed by atoms with Crippen LogP contribution >= 0.6 is 0 Å². The summed E-state index contributed by atoms with van der Waals surface area (Å²) in [5.41, 5.74) is 2.37. The summed E-state index contributed by atoms with van der Waals surface area (Å²) < 4.78 is 0. The molecule has 0 aliphatic rings. The van der Waals surface area contributed by atoms with Crippen molar-refractivity contribution in [2.24, 2.45) is 0 Å². The summed E-state index contributed by atoms with van der Waals surface area (Å²) >= 11 is 0. The van der Waals surface area contributed by atoms with Crippen LogP contribution in [0.3, 0.4) is 0 Å². The second-order valence-corrected chi connectivity index (χ2v) is 5.05. The molecule has 0 fully saturated rings. The van der Waals surface area contributed by atoms with Crippen LogP contribution in [-0.2, 0) is 13.1 Å². The van der Waals surface area contributed by atoms with E-state index in [0.717, 1.165) is 18.7 Å². The first-order valence-electron chi connectivity index (χ1n) is 7.00. The van der Waals surface area contributed by atoms with Gasteiger partial charge < -0.3 is 10.5 Å². The van der Waals surface area contributed by atoms with Crippen LogP contribution in [0.15, 0.2) is 60.7 Å². The first kappa shape index (κ1) is 14.7. The molecule has 0 bridgehead atoms. The number of hydroxylamine groups is 2. The number of hydrogen-bond acceptors (Lipinski definition) is 3. The summed E-state index contributed by atoms with van der Waals surface area (Å²) in [6, 6.07) is 20.3. The Balaban J connectivity index is 1.73. The normalized spacial score (nSPS) is 12.6. The van der Waals surface area contributed by atoms with Crippen LogP contribution < -0.4 is 5.32 Å². The summed E-state index contributed by atoms with van der Waals surface area (Å²) in [7, 11) is 0. The van der Waals surface area contributed by atoms with Gasteiger partial charge in [0.2, 0.25) is 0 Å². The van der Waals surface area contributed by atoms with Crippen LogP contribution in [-0.4, -0.2) is 22.9 Å². The Kier molecular flexibility index (Phi) is 5.74. The molecule has 0 aromatic heterocycles. The third kappa shape index (κ3) is 4.78. The van der Waals surface area contributed by atoms with E-state index < -0.39 is 0 Å². The molecule has 2 aromatic carbocycles. The van der Waals surface area contributed by atoms with Gasteiger partial charge in [0.05, 0.1) is 0 Å². The van der Waals surface area contributed by atoms with E-state index in [-0.39, 0.29) is 6.04 Å². The molecular formula is C17H22N2O. The molecule has 0 spiro atoms. The number of nitrogens with one attached hydrogen (secondary N) is 1. The predicted octanol–water partition coefficient (Wildman–Crippen LogP) is 3.06. The van der Waals surface area contributed by atoms with Crippen molar-refractivity contribution in [3.63, 3.8) is 0 Å². The van der Waals surface area contributed by atoms with Crippen LogP contribution in [0, 0.1) is 0 Å². The third-order valence-electron chi connectivity index (χ3n) is 3.31. The zero-order valence-corrected chi connectivity index (χ0v) is 11.9. The fourth-order valence-electron chi connectivity index (χ4n) is 2.05. The van der Waals surface area contributed by atoms with Gasteiger partial charge in [0.25, 0.3) is 0 Å². The molecule has 0 amide bonds. The second kappa shape index (κ2) is 7.80. The van der Waals surface area contributed by atoms with Crippen molar-refractivity contribution < 1.29 is 5.21 Å². The average Bonchev–Trinajstić information content (AvgIpc) is 2.49. The number of rotatable bonds is 7. The minimum absolute atomic E-state index is 0.0684. The van der Waals surface area contributed by atoms with Crippen molar-refractivity contribution in [1.29, 1.82) is 0 Å². The van der Waals surface area contributed by atoms with E-state index in [1.165, 1.54) is 10.6 Å². The van der Waals surface area contributed by atoms with Crippen molar-refractivity contribution in [1.82, 2.24) is 10.4 Å². The lowest BCUT2D eigenvalue weighted by atomic mass is 10.2. The topological polar surface area (TPSA) is 35.5 Å². The number of hydrogen-bond donors (Lipinski definition) is 2. The van der Waals surface area contributed by atoms with Crippen molar-refractivity contribution in [3.05, 3.63) is 71.8 Å². The van der Waals surface area contributed by atoms with E-state index in [1.54, 1.807) is 0 Å². The molecule has 3 heteroatoms. The van der Waals surface area contributed by atoms with Crippen LogP contribution in [0.5, 0.6) is 0 Å². The summed E-state index contributed by atoms with van der Waals surface area (Å²) in [6.07, 6.45) is 0. The van der Waals surface area contributed by atoms with Crippen LogP contribution in [0.4, 0.5) is 0 Å². The van der Waals surface area contributed by atoms with Gasteiger partial charge in [-0.3, -0.25) is 0 Å². The highest BCUT2D eigenvalue weighted by atomic mass is 16.5. The smallest absolute Gasteiger partial charge is 0.0492 e. The zero-order valence-electron chi connectivity index (χ0n) is 11.9. The standard InChI is InChI=1S/C17H22N2O/c1-15(12-18-13-16-8-4-2-5-9-16)19(20)14-17-10-6-3-7-11-17/h2-11,15,18,20H,12-14H2,1H3/t15-/m0/s1. The molecule has 0 heterocycles. The summed E-state index contributed by atoms with van der Waals surface area (Å²) in [6.45, 7) is 4.14. The first-order chi connectivity index (χ1) is 9.75. The lowest BCUT2D eigenvalue weighted by Gasteiger charge is -2.23. The maximum atomic E-state index is 10.1. The monoisotopic (exact) mass is 270 g/mol. The van der Waals surface area contributed by atoms with Gasteiger partial charge in [-0.1, -0.05) is 60.7 Å². The van der Waals surface area contributed by atoms with E-state index in [0.29, 0.717) is 6.54 Å². The fourth-order valence-corrected chi connectivity index (χ4v) is 2.05. The van der Waals surface area contributed by atoms with Gasteiger partial charge in [0, 0.05) is 25.7 Å². The molecule has 0 saturated heterocycles. The summed E-state index contributed by atoms with van der Waals surface area (Å²) in [4.78, 5) is 0. The van der Waals surface area contributed by atoms with Crippen molar-refractivity contribution in [2.75, 3.05) is 6.54 Å². The molecule has 2 N–H and O–H groups in total. The van der Waals surface area contributed by atoms with E-state index in [1.807, 2.05) is 55.5 Å². The minimum atomic E-state index is 0.0684. The van der Waals surface area contributed by atoms with Crippen LogP contribution in [0.2, 0.25) is 0 Å². The van der Waals surface area contributed by atoms with Gasteiger partial charge in [-0.25, -0.2) is 0 Å². The van der Waals surface area contributed by atoms with E-state index in [9.17, 15) is 5.21 Å². The van der Waals surface area contributed by atoms with Gasteiger partial charge in [-0.2, -0.15) is 5.06 Å². The molecule has 0 aliphatic heterocycles. The molecule has 0 saturated carbocycles. The maximum absolute atomic E-state index is 10.1. The number of nitrogens with zero attached hydrogens (tertiary/aromatic N) is 1.